The normalized spacial score (nSPS) is 10.5. The van der Waals surface area contributed by atoms with Crippen LogP contribution in [-0.4, -0.2) is 33.8 Å². The maximum absolute atomic E-state index is 6.17. The summed E-state index contributed by atoms with van der Waals surface area (Å²) in [6.07, 6.45) is 5.98. The van der Waals surface area contributed by atoms with Crippen LogP contribution in [0.15, 0.2) is 48.9 Å². The molecule has 0 aliphatic rings. The summed E-state index contributed by atoms with van der Waals surface area (Å²) in [6, 6.07) is 9.20. The number of rotatable bonds is 6. The van der Waals surface area contributed by atoms with Gasteiger partial charge in [0.1, 0.15) is 0 Å². The molecule has 0 aliphatic heterocycles. The Bertz CT molecular complexity index is 844. The number of pyridine rings is 1. The molecule has 128 valence electrons. The van der Waals surface area contributed by atoms with E-state index in [1.165, 1.54) is 5.56 Å². The zero-order valence-corrected chi connectivity index (χ0v) is 15.0. The van der Waals surface area contributed by atoms with E-state index in [0.717, 1.165) is 13.0 Å². The average Bonchev–Trinajstić information content (AvgIpc) is 2.63. The van der Waals surface area contributed by atoms with E-state index in [2.05, 4.69) is 25.5 Å². The first-order chi connectivity index (χ1) is 12.1. The largest absolute Gasteiger partial charge is 0.342 e. The number of halogens is 2. The van der Waals surface area contributed by atoms with Crippen molar-refractivity contribution in [1.29, 1.82) is 0 Å². The zero-order valence-electron chi connectivity index (χ0n) is 13.5. The molecule has 0 unspecified atom stereocenters. The molecule has 3 aromatic rings. The van der Waals surface area contributed by atoms with Crippen molar-refractivity contribution in [2.24, 2.45) is 0 Å². The second-order valence-electron chi connectivity index (χ2n) is 5.42. The molecule has 1 aromatic carbocycles. The van der Waals surface area contributed by atoms with Gasteiger partial charge in [0.15, 0.2) is 5.82 Å². The van der Waals surface area contributed by atoms with Gasteiger partial charge in [0.2, 0.25) is 5.95 Å². The van der Waals surface area contributed by atoms with Gasteiger partial charge in [-0.05, 0) is 42.3 Å². The Morgan fingerprint density at radius 2 is 1.92 bits per heavy atom. The van der Waals surface area contributed by atoms with Gasteiger partial charge in [-0.15, -0.1) is 5.10 Å². The lowest BCUT2D eigenvalue weighted by molar-refractivity contribution is 0.812. The van der Waals surface area contributed by atoms with Crippen molar-refractivity contribution in [1.82, 2.24) is 20.2 Å². The molecule has 0 fully saturated rings. The van der Waals surface area contributed by atoms with Crippen LogP contribution >= 0.6 is 23.2 Å². The Labute approximate surface area is 155 Å². The Hall–Kier alpha value is -2.44. The fourth-order valence-electron chi connectivity index (χ4n) is 2.19. The van der Waals surface area contributed by atoms with E-state index >= 15 is 0 Å². The van der Waals surface area contributed by atoms with Crippen molar-refractivity contribution in [3.8, 4) is 0 Å². The van der Waals surface area contributed by atoms with Crippen molar-refractivity contribution >= 4 is 40.7 Å². The minimum Gasteiger partial charge on any atom is -0.342 e. The van der Waals surface area contributed by atoms with Crippen LogP contribution in [0.2, 0.25) is 10.0 Å². The Morgan fingerprint density at radius 3 is 2.68 bits per heavy atom. The Morgan fingerprint density at radius 1 is 1.12 bits per heavy atom. The SMILES string of the molecule is CN(CCc1ccncc1)c1nncc(Nc2ccc(Cl)cc2Cl)n1. The molecule has 8 heteroatoms. The van der Waals surface area contributed by atoms with Gasteiger partial charge >= 0.3 is 0 Å². The van der Waals surface area contributed by atoms with Crippen LogP contribution in [0.3, 0.4) is 0 Å². The molecule has 0 aliphatic carbocycles. The molecule has 0 bridgehead atoms. The predicted molar refractivity (Wildman–Crippen MR) is 101 cm³/mol. The Kier molecular flexibility index (Phi) is 5.63. The number of aromatic nitrogens is 4. The third-order valence-electron chi connectivity index (χ3n) is 3.57. The molecule has 0 saturated carbocycles. The van der Waals surface area contributed by atoms with Crippen LogP contribution in [0.5, 0.6) is 0 Å². The van der Waals surface area contributed by atoms with E-state index in [1.54, 1.807) is 36.8 Å². The predicted octanol–water partition coefficient (Wildman–Crippen LogP) is 4.00. The van der Waals surface area contributed by atoms with E-state index in [-0.39, 0.29) is 0 Å². The molecule has 0 spiro atoms. The van der Waals surface area contributed by atoms with E-state index < -0.39 is 0 Å². The summed E-state index contributed by atoms with van der Waals surface area (Å²) in [5.41, 5.74) is 1.91. The molecule has 1 N–H and O–H groups in total. The van der Waals surface area contributed by atoms with Crippen LogP contribution in [0.4, 0.5) is 17.5 Å². The molecule has 0 atom stereocenters. The summed E-state index contributed by atoms with van der Waals surface area (Å²) in [5.74, 6) is 1.09. The van der Waals surface area contributed by atoms with Crippen LogP contribution in [0, 0.1) is 0 Å². The molecule has 0 radical (unpaired) electrons. The third kappa shape index (κ3) is 4.78. The average molecular weight is 375 g/mol. The van der Waals surface area contributed by atoms with E-state index in [9.17, 15) is 0 Å². The molecule has 6 nitrogen and oxygen atoms in total. The third-order valence-corrected chi connectivity index (χ3v) is 4.12. The molecule has 2 aromatic heterocycles. The fourth-order valence-corrected chi connectivity index (χ4v) is 2.65. The number of hydrogen-bond donors (Lipinski definition) is 1. The smallest absolute Gasteiger partial charge is 0.247 e. The molecule has 0 saturated heterocycles. The minimum absolute atomic E-state index is 0.513. The highest BCUT2D eigenvalue weighted by molar-refractivity contribution is 6.36. The summed E-state index contributed by atoms with van der Waals surface area (Å²) in [5, 5.41) is 12.3. The monoisotopic (exact) mass is 374 g/mol. The number of nitrogens with one attached hydrogen (secondary N) is 1. The number of likely N-dealkylation sites (N-methyl/N-ethyl adjacent to an activating group) is 1. The van der Waals surface area contributed by atoms with Crippen LogP contribution in [0.1, 0.15) is 5.56 Å². The van der Waals surface area contributed by atoms with Gasteiger partial charge in [-0.3, -0.25) is 4.98 Å². The first-order valence-corrected chi connectivity index (χ1v) is 8.39. The second kappa shape index (κ2) is 8.09. The van der Waals surface area contributed by atoms with Crippen LogP contribution in [0.25, 0.3) is 0 Å². The quantitative estimate of drug-likeness (QED) is 0.703. The van der Waals surface area contributed by atoms with E-state index in [4.69, 9.17) is 23.2 Å². The van der Waals surface area contributed by atoms with Crippen LogP contribution in [-0.2, 0) is 6.42 Å². The lowest BCUT2D eigenvalue weighted by atomic mass is 10.2. The van der Waals surface area contributed by atoms with Crippen molar-refractivity contribution in [3.05, 3.63) is 64.5 Å². The van der Waals surface area contributed by atoms with Gasteiger partial charge in [0.25, 0.3) is 0 Å². The van der Waals surface area contributed by atoms with Crippen molar-refractivity contribution in [2.75, 3.05) is 23.8 Å². The van der Waals surface area contributed by atoms with Gasteiger partial charge in [-0.25, -0.2) is 0 Å². The minimum atomic E-state index is 0.513. The second-order valence-corrected chi connectivity index (χ2v) is 6.26. The maximum atomic E-state index is 6.17. The van der Waals surface area contributed by atoms with E-state index in [1.807, 2.05) is 24.1 Å². The lowest BCUT2D eigenvalue weighted by Gasteiger charge is -2.17. The molecular weight excluding hydrogens is 359 g/mol. The number of hydrogen-bond acceptors (Lipinski definition) is 6. The highest BCUT2D eigenvalue weighted by atomic mass is 35.5. The molecule has 3 rings (SSSR count). The summed E-state index contributed by atoms with van der Waals surface area (Å²) in [6.45, 7) is 0.761. The Balaban J connectivity index is 1.68. The summed E-state index contributed by atoms with van der Waals surface area (Å²) in [7, 11) is 1.93. The van der Waals surface area contributed by atoms with Crippen molar-refractivity contribution < 1.29 is 0 Å². The van der Waals surface area contributed by atoms with Crippen LogP contribution < -0.4 is 10.2 Å². The van der Waals surface area contributed by atoms with Gasteiger partial charge in [-0.2, -0.15) is 10.1 Å². The van der Waals surface area contributed by atoms with Gasteiger partial charge in [0.05, 0.1) is 16.9 Å². The van der Waals surface area contributed by atoms with Gasteiger partial charge in [0, 0.05) is 31.0 Å². The van der Waals surface area contributed by atoms with Gasteiger partial charge in [-0.1, -0.05) is 23.2 Å². The number of benzene rings is 1. The lowest BCUT2D eigenvalue weighted by Crippen LogP contribution is -2.23. The number of anilines is 3. The van der Waals surface area contributed by atoms with E-state index in [0.29, 0.717) is 27.5 Å². The van der Waals surface area contributed by atoms with Gasteiger partial charge < -0.3 is 10.2 Å². The van der Waals surface area contributed by atoms with Crippen molar-refractivity contribution in [2.45, 2.75) is 6.42 Å². The molecular formula is C17H16Cl2N6. The first kappa shape index (κ1) is 17.4. The molecule has 25 heavy (non-hydrogen) atoms. The highest BCUT2D eigenvalue weighted by Crippen LogP contribution is 2.27. The highest BCUT2D eigenvalue weighted by Gasteiger charge is 2.08. The molecule has 2 heterocycles. The summed E-state index contributed by atoms with van der Waals surface area (Å²) < 4.78 is 0. The zero-order chi connectivity index (χ0) is 17.6. The summed E-state index contributed by atoms with van der Waals surface area (Å²) >= 11 is 12.1. The molecule has 0 amide bonds. The fraction of sp³-hybridized carbons (Fsp3) is 0.176. The van der Waals surface area contributed by atoms with Crippen molar-refractivity contribution in [3.63, 3.8) is 0 Å². The standard InChI is InChI=1S/C17H16Cl2N6/c1-25(9-6-12-4-7-20-8-5-12)17-23-16(11-21-24-17)22-15-3-2-13(18)10-14(15)19/h2-5,7-8,10-11H,6,9H2,1H3,(H,22,23,24). The number of nitrogens with zero attached hydrogens (tertiary/aromatic N) is 5. The topological polar surface area (TPSA) is 66.8 Å². The summed E-state index contributed by atoms with van der Waals surface area (Å²) in [4.78, 5) is 10.4. The first-order valence-electron chi connectivity index (χ1n) is 7.63. The maximum Gasteiger partial charge on any atom is 0.247 e.